The molecule has 0 bridgehead atoms. The predicted octanol–water partition coefficient (Wildman–Crippen LogP) is 3.65. The lowest BCUT2D eigenvalue weighted by Gasteiger charge is -2.23. The minimum absolute atomic E-state index is 0.359. The highest BCUT2D eigenvalue weighted by Crippen LogP contribution is 2.24. The van der Waals surface area contributed by atoms with Crippen LogP contribution in [0.15, 0.2) is 47.0 Å². The third-order valence-electron chi connectivity index (χ3n) is 3.55. The van der Waals surface area contributed by atoms with Crippen molar-refractivity contribution in [3.05, 3.63) is 47.0 Å². The normalized spacial score (nSPS) is 20.0. The van der Waals surface area contributed by atoms with E-state index in [9.17, 15) is 18.0 Å². The fourth-order valence-corrected chi connectivity index (χ4v) is 1.96. The van der Waals surface area contributed by atoms with Crippen LogP contribution in [-0.2, 0) is 9.53 Å². The second kappa shape index (κ2) is 8.61. The summed E-state index contributed by atoms with van der Waals surface area (Å²) in [6.07, 6.45) is 3.29. The zero-order valence-electron chi connectivity index (χ0n) is 14.3. The largest absolute Gasteiger partial charge is 0.472 e. The Labute approximate surface area is 140 Å². The molecule has 0 fully saturated rings. The van der Waals surface area contributed by atoms with Gasteiger partial charge in [-0.15, -0.1) is 0 Å². The van der Waals surface area contributed by atoms with E-state index in [4.69, 9.17) is 4.74 Å². The van der Waals surface area contributed by atoms with Crippen LogP contribution in [0, 0.1) is 0 Å². The number of carbonyl (C=O) groups is 1. The van der Waals surface area contributed by atoms with Gasteiger partial charge in [0, 0.05) is 18.3 Å². The van der Waals surface area contributed by atoms with Crippen molar-refractivity contribution in [3.63, 3.8) is 0 Å². The molecule has 0 saturated carbocycles. The highest BCUT2D eigenvalue weighted by Gasteiger charge is 2.28. The van der Waals surface area contributed by atoms with E-state index in [1.54, 1.807) is 31.0 Å². The van der Waals surface area contributed by atoms with E-state index in [1.165, 1.54) is 6.26 Å². The fraction of sp³-hybridized carbons (Fsp3) is 0.471. The van der Waals surface area contributed by atoms with Gasteiger partial charge in [0.1, 0.15) is 18.5 Å². The van der Waals surface area contributed by atoms with Gasteiger partial charge in [0.05, 0.1) is 0 Å². The molecule has 0 aliphatic carbocycles. The number of hydrogen-bond donors (Lipinski definition) is 1. The first kappa shape index (κ1) is 19.9. The molecule has 1 aliphatic heterocycles. The fourth-order valence-electron chi connectivity index (χ4n) is 1.96. The molecule has 7 heteroatoms. The summed E-state index contributed by atoms with van der Waals surface area (Å²) >= 11 is 0. The van der Waals surface area contributed by atoms with Crippen molar-refractivity contribution in [1.82, 2.24) is 10.2 Å². The van der Waals surface area contributed by atoms with Crippen LogP contribution < -0.4 is 5.32 Å². The first-order chi connectivity index (χ1) is 11.2. The number of nitrogens with zero attached hydrogens (tertiary/aromatic N) is 1. The number of carbonyl (C=O) groups excluding carboxylic acids is 1. The number of aldehydes is 1. The molecule has 0 aromatic carbocycles. The molecule has 1 heterocycles. The quantitative estimate of drug-likeness (QED) is 0.565. The van der Waals surface area contributed by atoms with Gasteiger partial charge in [-0.25, -0.2) is 0 Å². The molecule has 24 heavy (non-hydrogen) atoms. The second-order valence-corrected chi connectivity index (χ2v) is 5.59. The molecule has 0 aromatic rings. The van der Waals surface area contributed by atoms with Crippen LogP contribution in [0.3, 0.4) is 0 Å². The zero-order chi connectivity index (χ0) is 18.3. The summed E-state index contributed by atoms with van der Waals surface area (Å²) in [5.74, 6) is 0. The van der Waals surface area contributed by atoms with Gasteiger partial charge < -0.3 is 15.0 Å². The average Bonchev–Trinajstić information content (AvgIpc) is 2.89. The maximum absolute atomic E-state index is 12.3. The summed E-state index contributed by atoms with van der Waals surface area (Å²) in [7, 11) is 1.69. The lowest BCUT2D eigenvalue weighted by atomic mass is 10.1. The van der Waals surface area contributed by atoms with Crippen molar-refractivity contribution >= 4 is 6.29 Å². The van der Waals surface area contributed by atoms with Gasteiger partial charge in [0.15, 0.2) is 12.5 Å². The van der Waals surface area contributed by atoms with Crippen LogP contribution in [0.4, 0.5) is 13.2 Å². The van der Waals surface area contributed by atoms with Crippen LogP contribution in [-0.4, -0.2) is 37.2 Å². The Kier molecular flexibility index (Phi) is 7.13. The Hall–Kier alpha value is -2.18. The van der Waals surface area contributed by atoms with Gasteiger partial charge in [0.2, 0.25) is 0 Å². The van der Waals surface area contributed by atoms with Gasteiger partial charge >= 0.3 is 6.18 Å². The Morgan fingerprint density at radius 3 is 2.54 bits per heavy atom. The van der Waals surface area contributed by atoms with Crippen LogP contribution in [0.1, 0.15) is 27.2 Å². The third-order valence-corrected chi connectivity index (χ3v) is 3.55. The van der Waals surface area contributed by atoms with Gasteiger partial charge in [0.25, 0.3) is 0 Å². The van der Waals surface area contributed by atoms with Crippen molar-refractivity contribution in [2.75, 3.05) is 13.6 Å². The minimum Gasteiger partial charge on any atom is -0.472 e. The highest BCUT2D eigenvalue weighted by atomic mass is 19.4. The first-order valence-electron chi connectivity index (χ1n) is 7.57. The molecule has 1 N–H and O–H groups in total. The van der Waals surface area contributed by atoms with E-state index in [2.05, 4.69) is 5.32 Å². The minimum atomic E-state index is -4.29. The highest BCUT2D eigenvalue weighted by molar-refractivity contribution is 5.72. The first-order valence-corrected chi connectivity index (χ1v) is 7.57. The SMILES string of the molecule is CC/C(C)=C/C=C(\C=C(/C)NCC(F)(F)F)C1OC=C(C=O)N1C. The summed E-state index contributed by atoms with van der Waals surface area (Å²) in [6.45, 7) is 4.42. The van der Waals surface area contributed by atoms with E-state index in [0.29, 0.717) is 23.3 Å². The molecule has 0 spiro atoms. The van der Waals surface area contributed by atoms with E-state index < -0.39 is 18.9 Å². The Bertz CT molecular complexity index is 575. The number of nitrogens with one attached hydrogen (secondary N) is 1. The molecule has 1 atom stereocenters. The van der Waals surface area contributed by atoms with Gasteiger partial charge in [-0.05, 0) is 26.3 Å². The number of likely N-dealkylation sites (N-methyl/N-ethyl adjacent to an activating group) is 1. The number of ether oxygens (including phenoxy) is 1. The van der Waals surface area contributed by atoms with E-state index in [-0.39, 0.29) is 0 Å². The monoisotopic (exact) mass is 344 g/mol. The number of allylic oxidation sites excluding steroid dienone is 5. The molecular formula is C17H23F3N2O2. The number of halogens is 3. The predicted molar refractivity (Wildman–Crippen MR) is 86.7 cm³/mol. The van der Waals surface area contributed by atoms with Crippen molar-refractivity contribution in [1.29, 1.82) is 0 Å². The molecule has 0 amide bonds. The summed E-state index contributed by atoms with van der Waals surface area (Å²) in [5.41, 5.74) is 2.49. The maximum Gasteiger partial charge on any atom is 0.405 e. The summed E-state index contributed by atoms with van der Waals surface area (Å²) < 4.78 is 42.4. The molecule has 0 saturated heterocycles. The lowest BCUT2D eigenvalue weighted by Crippen LogP contribution is -2.30. The molecule has 1 rings (SSSR count). The third kappa shape index (κ3) is 6.14. The van der Waals surface area contributed by atoms with Gasteiger partial charge in [-0.2, -0.15) is 13.2 Å². The molecule has 4 nitrogen and oxygen atoms in total. The average molecular weight is 344 g/mol. The molecule has 1 aliphatic rings. The second-order valence-electron chi connectivity index (χ2n) is 5.59. The molecule has 134 valence electrons. The van der Waals surface area contributed by atoms with Gasteiger partial charge in [-0.1, -0.05) is 24.6 Å². The van der Waals surface area contributed by atoms with E-state index in [0.717, 1.165) is 12.0 Å². The molecule has 0 aromatic heterocycles. The molecule has 0 radical (unpaired) electrons. The molecule has 1 unspecified atom stereocenters. The van der Waals surface area contributed by atoms with Crippen molar-refractivity contribution in [2.45, 2.75) is 39.6 Å². The number of rotatable bonds is 7. The van der Waals surface area contributed by atoms with Crippen LogP contribution in [0.2, 0.25) is 0 Å². The Morgan fingerprint density at radius 1 is 1.38 bits per heavy atom. The standard InChI is InChI=1S/C17H23F3N2O2/c1-5-12(2)6-7-14(8-13(3)21-11-17(18,19)20)16-22(4)15(9-23)10-24-16/h6-10,16,21H,5,11H2,1-4H3/b12-6+,13-8+,14-7+. The summed E-state index contributed by atoms with van der Waals surface area (Å²) in [4.78, 5) is 12.6. The lowest BCUT2D eigenvalue weighted by molar-refractivity contribution is -0.123. The number of alkyl halides is 3. The van der Waals surface area contributed by atoms with E-state index >= 15 is 0 Å². The summed E-state index contributed by atoms with van der Waals surface area (Å²) in [5, 5.41) is 2.33. The maximum atomic E-state index is 12.3. The molecular weight excluding hydrogens is 321 g/mol. The summed E-state index contributed by atoms with van der Waals surface area (Å²) in [6, 6.07) is 0. The topological polar surface area (TPSA) is 41.6 Å². The smallest absolute Gasteiger partial charge is 0.405 e. The number of hydrogen-bond acceptors (Lipinski definition) is 4. The Morgan fingerprint density at radius 2 is 2.04 bits per heavy atom. The van der Waals surface area contributed by atoms with Gasteiger partial charge in [-0.3, -0.25) is 4.79 Å². The van der Waals surface area contributed by atoms with Crippen LogP contribution in [0.5, 0.6) is 0 Å². The van der Waals surface area contributed by atoms with Crippen molar-refractivity contribution in [2.24, 2.45) is 0 Å². The van der Waals surface area contributed by atoms with Crippen LogP contribution in [0.25, 0.3) is 0 Å². The van der Waals surface area contributed by atoms with Crippen molar-refractivity contribution < 1.29 is 22.7 Å². The van der Waals surface area contributed by atoms with E-state index in [1.807, 2.05) is 19.9 Å². The van der Waals surface area contributed by atoms with Crippen molar-refractivity contribution in [3.8, 4) is 0 Å². The van der Waals surface area contributed by atoms with Crippen LogP contribution >= 0.6 is 0 Å². The Balaban J connectivity index is 3.01. The zero-order valence-corrected chi connectivity index (χ0v) is 14.3.